The Morgan fingerprint density at radius 2 is 1.57 bits per heavy atom. The van der Waals surface area contributed by atoms with Crippen LogP contribution in [0.4, 0.5) is 11.8 Å². The highest BCUT2D eigenvalue weighted by Gasteiger charge is 2.22. The molecule has 1 saturated carbocycles. The van der Waals surface area contributed by atoms with Gasteiger partial charge in [0.1, 0.15) is 11.6 Å². The molecule has 35 heavy (non-hydrogen) atoms. The summed E-state index contributed by atoms with van der Waals surface area (Å²) >= 11 is 0. The summed E-state index contributed by atoms with van der Waals surface area (Å²) in [6.07, 6.45) is 4.56. The second kappa shape index (κ2) is 11.4. The fourth-order valence-corrected chi connectivity index (χ4v) is 4.80. The first-order valence-electron chi connectivity index (χ1n) is 12.2. The molecule has 0 unspecified atom stereocenters. The highest BCUT2D eigenvalue weighted by Crippen LogP contribution is 2.35. The molecule has 8 heteroatoms. The van der Waals surface area contributed by atoms with Crippen molar-refractivity contribution in [3.05, 3.63) is 42.0 Å². The van der Waals surface area contributed by atoms with Crippen LogP contribution in [-0.4, -0.2) is 58.0 Å². The van der Waals surface area contributed by atoms with E-state index in [0.29, 0.717) is 23.5 Å². The van der Waals surface area contributed by atoms with Gasteiger partial charge >= 0.3 is 0 Å². The molecule has 1 aromatic heterocycles. The van der Waals surface area contributed by atoms with Crippen LogP contribution < -0.4 is 29.7 Å². The van der Waals surface area contributed by atoms with Crippen LogP contribution in [0.3, 0.4) is 0 Å². The van der Waals surface area contributed by atoms with E-state index in [1.807, 2.05) is 49.3 Å². The Labute approximate surface area is 208 Å². The lowest BCUT2D eigenvalue weighted by Crippen LogP contribution is -2.31. The van der Waals surface area contributed by atoms with Crippen molar-refractivity contribution in [2.45, 2.75) is 38.3 Å². The number of nitrogens with one attached hydrogen (secondary N) is 2. The van der Waals surface area contributed by atoms with Gasteiger partial charge in [-0.2, -0.15) is 4.98 Å². The van der Waals surface area contributed by atoms with Crippen LogP contribution in [0, 0.1) is 5.92 Å². The molecular weight excluding hydrogens is 442 g/mol. The van der Waals surface area contributed by atoms with E-state index in [9.17, 15) is 0 Å². The molecule has 0 aliphatic heterocycles. The minimum absolute atomic E-state index is 0.397. The van der Waals surface area contributed by atoms with Crippen LogP contribution in [0.1, 0.15) is 31.2 Å². The fraction of sp³-hybridized carbons (Fsp3) is 0.481. The smallest absolute Gasteiger partial charge is 0.225 e. The second-order valence-corrected chi connectivity index (χ2v) is 9.29. The van der Waals surface area contributed by atoms with Gasteiger partial charge in [0, 0.05) is 43.7 Å². The number of anilines is 2. The standard InChI is InChI=1S/C27H37N5O3/c1-32(2)26-21-8-6-7-9-22(21)30-27(31-26)29-20-12-10-18(11-13-20)16-28-17-19-14-24(34-4)25(35-5)15-23(19)33-3/h6-9,14-15,18,20,28H,10-13,16-17H2,1-5H3,(H,29,30,31)/t18-,20+. The molecule has 0 bridgehead atoms. The first-order chi connectivity index (χ1) is 17.0. The summed E-state index contributed by atoms with van der Waals surface area (Å²) in [5, 5.41) is 8.28. The summed E-state index contributed by atoms with van der Waals surface area (Å²) in [5.74, 6) is 4.50. The molecule has 188 valence electrons. The molecule has 2 aromatic carbocycles. The van der Waals surface area contributed by atoms with Gasteiger partial charge in [0.25, 0.3) is 0 Å². The number of ether oxygens (including phenoxy) is 3. The van der Waals surface area contributed by atoms with E-state index < -0.39 is 0 Å². The molecule has 1 aliphatic carbocycles. The first kappa shape index (κ1) is 24.9. The summed E-state index contributed by atoms with van der Waals surface area (Å²) in [5.41, 5.74) is 2.03. The Morgan fingerprint density at radius 1 is 0.886 bits per heavy atom. The number of benzene rings is 2. The largest absolute Gasteiger partial charge is 0.496 e. The lowest BCUT2D eigenvalue weighted by molar-refractivity contribution is 0.321. The van der Waals surface area contributed by atoms with E-state index in [4.69, 9.17) is 24.2 Å². The summed E-state index contributed by atoms with van der Waals surface area (Å²) < 4.78 is 16.4. The first-order valence-corrected chi connectivity index (χ1v) is 12.2. The number of fused-ring (bicyclic) bond motifs is 1. The third kappa shape index (κ3) is 5.88. The highest BCUT2D eigenvalue weighted by molar-refractivity contribution is 5.90. The molecule has 2 N–H and O–H groups in total. The summed E-state index contributed by atoms with van der Waals surface area (Å²) in [4.78, 5) is 11.6. The molecule has 8 nitrogen and oxygen atoms in total. The maximum absolute atomic E-state index is 5.55. The zero-order valence-corrected chi connectivity index (χ0v) is 21.4. The highest BCUT2D eigenvalue weighted by atomic mass is 16.5. The molecule has 0 atom stereocenters. The Bertz CT molecular complexity index is 1130. The van der Waals surface area contributed by atoms with E-state index >= 15 is 0 Å². The summed E-state index contributed by atoms with van der Waals surface area (Å²) in [7, 11) is 9.01. The number of nitrogens with zero attached hydrogens (tertiary/aromatic N) is 3. The lowest BCUT2D eigenvalue weighted by atomic mass is 9.86. The molecule has 3 aromatic rings. The minimum atomic E-state index is 0.397. The van der Waals surface area contributed by atoms with Crippen LogP contribution in [0.2, 0.25) is 0 Å². The van der Waals surface area contributed by atoms with Gasteiger partial charge < -0.3 is 29.7 Å². The van der Waals surface area contributed by atoms with Gasteiger partial charge in [0.15, 0.2) is 11.5 Å². The second-order valence-electron chi connectivity index (χ2n) is 9.29. The van der Waals surface area contributed by atoms with Crippen molar-refractivity contribution in [3.8, 4) is 17.2 Å². The molecule has 0 saturated heterocycles. The van der Waals surface area contributed by atoms with Gasteiger partial charge in [0.2, 0.25) is 5.95 Å². The van der Waals surface area contributed by atoms with Crippen molar-refractivity contribution >= 4 is 22.7 Å². The topological polar surface area (TPSA) is 80.8 Å². The van der Waals surface area contributed by atoms with E-state index in [0.717, 1.165) is 59.9 Å². The van der Waals surface area contributed by atoms with Gasteiger partial charge in [-0.15, -0.1) is 0 Å². The third-order valence-electron chi connectivity index (χ3n) is 6.72. The number of aromatic nitrogens is 2. The zero-order valence-electron chi connectivity index (χ0n) is 21.4. The Hall–Kier alpha value is -3.26. The predicted molar refractivity (Wildman–Crippen MR) is 141 cm³/mol. The van der Waals surface area contributed by atoms with Crippen LogP contribution >= 0.6 is 0 Å². The Morgan fingerprint density at radius 3 is 2.26 bits per heavy atom. The van der Waals surface area contributed by atoms with Gasteiger partial charge in [-0.3, -0.25) is 0 Å². The van der Waals surface area contributed by atoms with Crippen molar-refractivity contribution in [3.63, 3.8) is 0 Å². The maximum Gasteiger partial charge on any atom is 0.225 e. The van der Waals surface area contributed by atoms with Crippen molar-refractivity contribution < 1.29 is 14.2 Å². The molecule has 1 aliphatic rings. The van der Waals surface area contributed by atoms with Crippen molar-refractivity contribution in [2.24, 2.45) is 5.92 Å². The molecule has 0 amide bonds. The normalized spacial score (nSPS) is 17.7. The monoisotopic (exact) mass is 479 g/mol. The average Bonchev–Trinajstić information content (AvgIpc) is 2.88. The van der Waals surface area contributed by atoms with Crippen LogP contribution in [0.5, 0.6) is 17.2 Å². The van der Waals surface area contributed by atoms with E-state index in [1.165, 1.54) is 12.8 Å². The quantitative estimate of drug-likeness (QED) is 0.441. The molecule has 1 fully saturated rings. The number of para-hydroxylation sites is 1. The molecule has 0 radical (unpaired) electrons. The third-order valence-corrected chi connectivity index (χ3v) is 6.72. The van der Waals surface area contributed by atoms with E-state index in [1.54, 1.807) is 21.3 Å². The fourth-order valence-electron chi connectivity index (χ4n) is 4.80. The zero-order chi connectivity index (χ0) is 24.8. The molecule has 1 heterocycles. The predicted octanol–water partition coefficient (Wildman–Crippen LogP) is 4.48. The van der Waals surface area contributed by atoms with E-state index in [2.05, 4.69) is 16.7 Å². The molecule has 0 spiro atoms. The number of rotatable bonds is 10. The summed E-state index contributed by atoms with van der Waals surface area (Å²) in [6, 6.07) is 12.4. The van der Waals surface area contributed by atoms with Crippen LogP contribution in [0.25, 0.3) is 10.9 Å². The van der Waals surface area contributed by atoms with Crippen molar-refractivity contribution in [2.75, 3.05) is 52.2 Å². The Balaban J connectivity index is 1.30. The number of methoxy groups -OCH3 is 3. The van der Waals surface area contributed by atoms with Crippen LogP contribution in [-0.2, 0) is 6.54 Å². The summed E-state index contributed by atoms with van der Waals surface area (Å²) in [6.45, 7) is 1.70. The average molecular weight is 480 g/mol. The molecule has 4 rings (SSSR count). The van der Waals surface area contributed by atoms with Crippen LogP contribution in [0.15, 0.2) is 36.4 Å². The van der Waals surface area contributed by atoms with Gasteiger partial charge in [-0.1, -0.05) is 12.1 Å². The Kier molecular flexibility index (Phi) is 8.13. The number of hydrogen-bond donors (Lipinski definition) is 2. The SMILES string of the molecule is COc1cc(OC)c(OC)cc1CNC[C@H]1CC[C@@H](Nc2nc(N(C)C)c3ccccc3n2)CC1. The maximum atomic E-state index is 5.55. The number of hydrogen-bond acceptors (Lipinski definition) is 8. The minimum Gasteiger partial charge on any atom is -0.496 e. The molecular formula is C27H37N5O3. The van der Waals surface area contributed by atoms with Crippen molar-refractivity contribution in [1.29, 1.82) is 0 Å². The van der Waals surface area contributed by atoms with Gasteiger partial charge in [-0.25, -0.2) is 4.98 Å². The van der Waals surface area contributed by atoms with Gasteiger partial charge in [-0.05, 0) is 56.3 Å². The van der Waals surface area contributed by atoms with Crippen molar-refractivity contribution in [1.82, 2.24) is 15.3 Å². The van der Waals surface area contributed by atoms with Gasteiger partial charge in [0.05, 0.1) is 26.8 Å². The van der Waals surface area contributed by atoms with E-state index in [-0.39, 0.29) is 0 Å². The lowest BCUT2D eigenvalue weighted by Gasteiger charge is -2.29.